The molecular formula is C15H14BrN3O2S. The number of aromatic nitrogens is 2. The molecule has 0 spiro atoms. The molecule has 2 aromatic rings. The number of halogens is 1. The number of nitrogens with zero attached hydrogens (tertiary/aromatic N) is 2. The Labute approximate surface area is 140 Å². The highest BCUT2D eigenvalue weighted by atomic mass is 79.9. The van der Waals surface area contributed by atoms with Gasteiger partial charge in [0.1, 0.15) is 0 Å². The minimum absolute atomic E-state index is 0.0976. The Bertz CT molecular complexity index is 791. The maximum atomic E-state index is 12.3. The van der Waals surface area contributed by atoms with Gasteiger partial charge in [0.2, 0.25) is 5.91 Å². The molecule has 1 aliphatic heterocycles. The summed E-state index contributed by atoms with van der Waals surface area (Å²) in [4.78, 5) is 28.4. The highest BCUT2D eigenvalue weighted by Crippen LogP contribution is 2.31. The van der Waals surface area contributed by atoms with E-state index in [1.165, 1.54) is 24.0 Å². The zero-order chi connectivity index (χ0) is 15.7. The fourth-order valence-corrected chi connectivity index (χ4v) is 4.02. The van der Waals surface area contributed by atoms with Crippen LogP contribution in [0.25, 0.3) is 0 Å². The van der Waals surface area contributed by atoms with E-state index in [0.29, 0.717) is 10.9 Å². The first-order valence-electron chi connectivity index (χ1n) is 6.81. The number of amides is 1. The van der Waals surface area contributed by atoms with Crippen LogP contribution in [-0.2, 0) is 4.79 Å². The Balaban J connectivity index is 1.73. The number of rotatable bonds is 3. The van der Waals surface area contributed by atoms with Gasteiger partial charge in [-0.25, -0.2) is 4.98 Å². The van der Waals surface area contributed by atoms with Crippen LogP contribution in [0.1, 0.15) is 18.0 Å². The zero-order valence-electron chi connectivity index (χ0n) is 11.9. The van der Waals surface area contributed by atoms with Gasteiger partial charge in [0.05, 0.1) is 6.04 Å². The van der Waals surface area contributed by atoms with Crippen molar-refractivity contribution in [1.29, 1.82) is 0 Å². The van der Waals surface area contributed by atoms with Crippen LogP contribution in [0.5, 0.6) is 0 Å². The van der Waals surface area contributed by atoms with Crippen molar-refractivity contribution in [2.75, 3.05) is 11.1 Å². The Morgan fingerprint density at radius 2 is 2.32 bits per heavy atom. The molecule has 1 atom stereocenters. The number of carbonyl (C=O) groups is 1. The molecule has 7 heteroatoms. The van der Waals surface area contributed by atoms with Crippen LogP contribution in [0.2, 0.25) is 0 Å². The van der Waals surface area contributed by atoms with Gasteiger partial charge in [0.15, 0.2) is 5.16 Å². The highest BCUT2D eigenvalue weighted by Gasteiger charge is 2.26. The molecule has 0 fully saturated rings. The summed E-state index contributed by atoms with van der Waals surface area (Å²) in [6.45, 7) is 1.94. The largest absolute Gasteiger partial charge is 0.326 e. The van der Waals surface area contributed by atoms with Gasteiger partial charge >= 0.3 is 0 Å². The minimum atomic E-state index is -0.142. The smallest absolute Gasteiger partial charge is 0.254 e. The van der Waals surface area contributed by atoms with Crippen molar-refractivity contribution >= 4 is 39.3 Å². The minimum Gasteiger partial charge on any atom is -0.326 e. The van der Waals surface area contributed by atoms with Crippen LogP contribution >= 0.6 is 27.7 Å². The maximum Gasteiger partial charge on any atom is 0.254 e. The van der Waals surface area contributed by atoms with Crippen LogP contribution in [0.3, 0.4) is 0 Å². The van der Waals surface area contributed by atoms with Gasteiger partial charge in [-0.15, -0.1) is 0 Å². The second-order valence-electron chi connectivity index (χ2n) is 5.11. The molecule has 0 radical (unpaired) electrons. The summed E-state index contributed by atoms with van der Waals surface area (Å²) in [5, 5.41) is 3.60. The maximum absolute atomic E-state index is 12.3. The Morgan fingerprint density at radius 1 is 1.50 bits per heavy atom. The van der Waals surface area contributed by atoms with Crippen molar-refractivity contribution in [3.05, 3.63) is 50.9 Å². The monoisotopic (exact) mass is 379 g/mol. The molecule has 0 bridgehead atoms. The Kier molecular flexibility index (Phi) is 4.35. The van der Waals surface area contributed by atoms with Gasteiger partial charge in [0.25, 0.3) is 5.56 Å². The summed E-state index contributed by atoms with van der Waals surface area (Å²) < 4.78 is 2.58. The number of benzene rings is 1. The Hall–Kier alpha value is -1.60. The van der Waals surface area contributed by atoms with E-state index in [1.54, 1.807) is 4.57 Å². The standard InChI is InChI=1S/C15H14BrN3O2S/c1-9-6-10(16)2-3-12(9)18-13(20)7-11-8-22-15-17-5-4-14(21)19(11)15/h2-6,11H,7-8H2,1H3,(H,18,20). The number of fused-ring (bicyclic) bond motifs is 1. The van der Waals surface area contributed by atoms with Gasteiger partial charge in [-0.05, 0) is 30.7 Å². The summed E-state index contributed by atoms with van der Waals surface area (Å²) >= 11 is 4.91. The van der Waals surface area contributed by atoms with Crippen LogP contribution in [0.15, 0.2) is 44.9 Å². The third kappa shape index (κ3) is 3.10. The summed E-state index contributed by atoms with van der Waals surface area (Å²) in [5.41, 5.74) is 1.67. The molecule has 1 aromatic heterocycles. The van der Waals surface area contributed by atoms with Gasteiger partial charge in [-0.1, -0.05) is 27.7 Å². The first kappa shape index (κ1) is 15.3. The quantitative estimate of drug-likeness (QED) is 0.832. The van der Waals surface area contributed by atoms with Crippen LogP contribution < -0.4 is 10.9 Å². The summed E-state index contributed by atoms with van der Waals surface area (Å²) in [6.07, 6.45) is 1.77. The lowest BCUT2D eigenvalue weighted by atomic mass is 10.1. The van der Waals surface area contributed by atoms with Crippen LogP contribution in [0.4, 0.5) is 5.69 Å². The van der Waals surface area contributed by atoms with E-state index in [-0.39, 0.29) is 23.9 Å². The van der Waals surface area contributed by atoms with Gasteiger partial charge in [-0.3, -0.25) is 14.2 Å². The summed E-state index contributed by atoms with van der Waals surface area (Å²) in [5.74, 6) is 0.596. The fraction of sp³-hybridized carbons (Fsp3) is 0.267. The van der Waals surface area contributed by atoms with Crippen molar-refractivity contribution in [3.63, 3.8) is 0 Å². The lowest BCUT2D eigenvalue weighted by molar-refractivity contribution is -0.116. The predicted octanol–water partition coefficient (Wildman–Crippen LogP) is 2.99. The fourth-order valence-electron chi connectivity index (χ4n) is 2.42. The van der Waals surface area contributed by atoms with Crippen molar-refractivity contribution in [1.82, 2.24) is 9.55 Å². The van der Waals surface area contributed by atoms with Crippen LogP contribution in [-0.4, -0.2) is 21.2 Å². The van der Waals surface area contributed by atoms with E-state index >= 15 is 0 Å². The molecule has 1 N–H and O–H groups in total. The van der Waals surface area contributed by atoms with Crippen LogP contribution in [0, 0.1) is 6.92 Å². The molecule has 114 valence electrons. The first-order valence-corrected chi connectivity index (χ1v) is 8.59. The third-order valence-electron chi connectivity index (χ3n) is 3.50. The molecule has 1 unspecified atom stereocenters. The molecular weight excluding hydrogens is 366 g/mol. The second kappa shape index (κ2) is 6.26. The highest BCUT2D eigenvalue weighted by molar-refractivity contribution is 9.10. The molecule has 3 rings (SSSR count). The molecule has 1 amide bonds. The van der Waals surface area contributed by atoms with Crippen molar-refractivity contribution in [3.8, 4) is 0 Å². The lowest BCUT2D eigenvalue weighted by Crippen LogP contribution is -2.27. The normalized spacial score (nSPS) is 16.4. The van der Waals surface area contributed by atoms with E-state index < -0.39 is 0 Å². The zero-order valence-corrected chi connectivity index (χ0v) is 14.3. The third-order valence-corrected chi connectivity index (χ3v) is 5.10. The molecule has 0 aliphatic carbocycles. The molecule has 1 aliphatic rings. The predicted molar refractivity (Wildman–Crippen MR) is 90.4 cm³/mol. The van der Waals surface area contributed by atoms with Crippen molar-refractivity contribution in [2.45, 2.75) is 24.5 Å². The summed E-state index contributed by atoms with van der Waals surface area (Å²) in [6, 6.07) is 6.99. The molecule has 5 nitrogen and oxygen atoms in total. The summed E-state index contributed by atoms with van der Waals surface area (Å²) in [7, 11) is 0. The number of hydrogen-bond acceptors (Lipinski definition) is 4. The van der Waals surface area contributed by atoms with Crippen molar-refractivity contribution < 1.29 is 4.79 Å². The molecule has 2 heterocycles. The number of aryl methyl sites for hydroxylation is 1. The molecule has 22 heavy (non-hydrogen) atoms. The lowest BCUT2D eigenvalue weighted by Gasteiger charge is -2.14. The van der Waals surface area contributed by atoms with E-state index in [0.717, 1.165) is 15.7 Å². The average molecular weight is 380 g/mol. The molecule has 1 aromatic carbocycles. The van der Waals surface area contributed by atoms with E-state index in [9.17, 15) is 9.59 Å². The first-order chi connectivity index (χ1) is 10.5. The number of anilines is 1. The molecule has 0 saturated carbocycles. The van der Waals surface area contributed by atoms with Gasteiger partial charge < -0.3 is 5.32 Å². The van der Waals surface area contributed by atoms with E-state index in [4.69, 9.17) is 0 Å². The molecule has 0 saturated heterocycles. The van der Waals surface area contributed by atoms with E-state index in [1.807, 2.05) is 25.1 Å². The second-order valence-corrected chi connectivity index (χ2v) is 7.01. The average Bonchev–Trinajstić information content (AvgIpc) is 2.86. The number of carbonyl (C=O) groups excluding carboxylic acids is 1. The van der Waals surface area contributed by atoms with Gasteiger partial charge in [0, 0.05) is 34.6 Å². The van der Waals surface area contributed by atoms with Gasteiger partial charge in [-0.2, -0.15) is 0 Å². The Morgan fingerprint density at radius 3 is 3.09 bits per heavy atom. The van der Waals surface area contributed by atoms with Crippen molar-refractivity contribution in [2.24, 2.45) is 0 Å². The number of nitrogens with one attached hydrogen (secondary N) is 1. The topological polar surface area (TPSA) is 64.0 Å². The van der Waals surface area contributed by atoms with E-state index in [2.05, 4.69) is 26.2 Å². The number of thioether (sulfide) groups is 1. The number of hydrogen-bond donors (Lipinski definition) is 1. The SMILES string of the molecule is Cc1cc(Br)ccc1NC(=O)CC1CSc2nccc(=O)n21.